The molecule has 1 unspecified atom stereocenters. The van der Waals surface area contributed by atoms with Gasteiger partial charge in [-0.05, 0) is 37.0 Å². The fourth-order valence-electron chi connectivity index (χ4n) is 2.44. The Labute approximate surface area is 131 Å². The third-order valence-electron chi connectivity index (χ3n) is 4.07. The van der Waals surface area contributed by atoms with Crippen LogP contribution in [-0.2, 0) is 16.1 Å². The van der Waals surface area contributed by atoms with E-state index >= 15 is 0 Å². The molecule has 0 aromatic heterocycles. The van der Waals surface area contributed by atoms with Gasteiger partial charge in [-0.3, -0.25) is 9.59 Å². The molecule has 1 aromatic carbocycles. The first-order valence-electron chi connectivity index (χ1n) is 8.03. The highest BCUT2D eigenvalue weighted by molar-refractivity contribution is 5.93. The van der Waals surface area contributed by atoms with Gasteiger partial charge >= 0.3 is 0 Å². The molecule has 0 spiro atoms. The maximum atomic E-state index is 11.9. The van der Waals surface area contributed by atoms with E-state index in [1.54, 1.807) is 0 Å². The van der Waals surface area contributed by atoms with E-state index in [1.807, 2.05) is 31.2 Å². The number of carbonyl (C=O) groups is 2. The Morgan fingerprint density at radius 1 is 1.36 bits per heavy atom. The molecule has 2 rings (SSSR count). The zero-order valence-corrected chi connectivity index (χ0v) is 13.1. The summed E-state index contributed by atoms with van der Waals surface area (Å²) in [6.07, 6.45) is 4.68. The van der Waals surface area contributed by atoms with Crippen molar-refractivity contribution in [1.29, 1.82) is 0 Å². The molecule has 2 amide bonds. The number of hydrogen-bond donors (Lipinski definition) is 3. The number of nitrogens with one attached hydrogen (secondary N) is 2. The van der Waals surface area contributed by atoms with E-state index < -0.39 is 6.04 Å². The largest absolute Gasteiger partial charge is 0.351 e. The highest BCUT2D eigenvalue weighted by Crippen LogP contribution is 2.27. The van der Waals surface area contributed by atoms with Crippen LogP contribution in [0.15, 0.2) is 24.3 Å². The molecule has 0 radical (unpaired) electrons. The SMILES string of the molecule is CCCC(N)C(=O)NCc1cccc(NC(=O)C2CCC2)c1. The average molecular weight is 303 g/mol. The normalized spacial score (nSPS) is 15.7. The number of carbonyl (C=O) groups excluding carboxylic acids is 2. The molecule has 1 aliphatic carbocycles. The number of anilines is 1. The number of rotatable bonds is 7. The van der Waals surface area contributed by atoms with E-state index in [0.29, 0.717) is 13.0 Å². The van der Waals surface area contributed by atoms with Crippen LogP contribution in [0.4, 0.5) is 5.69 Å². The Morgan fingerprint density at radius 2 is 2.14 bits per heavy atom. The molecule has 1 atom stereocenters. The van der Waals surface area contributed by atoms with Crippen molar-refractivity contribution in [3.05, 3.63) is 29.8 Å². The second-order valence-corrected chi connectivity index (χ2v) is 5.93. The highest BCUT2D eigenvalue weighted by Gasteiger charge is 2.25. The summed E-state index contributed by atoms with van der Waals surface area (Å²) in [4.78, 5) is 23.7. The van der Waals surface area contributed by atoms with Crippen LogP contribution in [0.2, 0.25) is 0 Å². The highest BCUT2D eigenvalue weighted by atomic mass is 16.2. The lowest BCUT2D eigenvalue weighted by molar-refractivity contribution is -0.123. The van der Waals surface area contributed by atoms with Crippen LogP contribution in [-0.4, -0.2) is 17.9 Å². The van der Waals surface area contributed by atoms with Gasteiger partial charge in [-0.25, -0.2) is 0 Å². The maximum absolute atomic E-state index is 11.9. The first-order chi connectivity index (χ1) is 10.6. The zero-order chi connectivity index (χ0) is 15.9. The van der Waals surface area contributed by atoms with Gasteiger partial charge < -0.3 is 16.4 Å². The lowest BCUT2D eigenvalue weighted by Crippen LogP contribution is -2.40. The predicted octanol–water partition coefficient (Wildman–Crippen LogP) is 2.17. The van der Waals surface area contributed by atoms with Gasteiger partial charge in [0.05, 0.1) is 6.04 Å². The second kappa shape index (κ2) is 7.94. The minimum absolute atomic E-state index is 0.0948. The zero-order valence-electron chi connectivity index (χ0n) is 13.1. The lowest BCUT2D eigenvalue weighted by Gasteiger charge is -2.24. The molecule has 1 aromatic rings. The van der Waals surface area contributed by atoms with E-state index in [-0.39, 0.29) is 17.7 Å². The third-order valence-corrected chi connectivity index (χ3v) is 4.07. The molecular weight excluding hydrogens is 278 g/mol. The number of nitrogens with two attached hydrogens (primary N) is 1. The molecule has 0 heterocycles. The number of benzene rings is 1. The van der Waals surface area contributed by atoms with Crippen molar-refractivity contribution >= 4 is 17.5 Å². The molecule has 0 aliphatic heterocycles. The van der Waals surface area contributed by atoms with E-state index in [2.05, 4.69) is 10.6 Å². The lowest BCUT2D eigenvalue weighted by atomic mass is 9.85. The predicted molar refractivity (Wildman–Crippen MR) is 87.1 cm³/mol. The van der Waals surface area contributed by atoms with Crippen LogP contribution < -0.4 is 16.4 Å². The van der Waals surface area contributed by atoms with Crippen molar-refractivity contribution in [2.75, 3.05) is 5.32 Å². The van der Waals surface area contributed by atoms with Crippen molar-refractivity contribution in [2.24, 2.45) is 11.7 Å². The van der Waals surface area contributed by atoms with Crippen LogP contribution >= 0.6 is 0 Å². The first kappa shape index (κ1) is 16.5. The summed E-state index contributed by atoms with van der Waals surface area (Å²) in [5.74, 6) is 0.124. The second-order valence-electron chi connectivity index (χ2n) is 5.93. The van der Waals surface area contributed by atoms with Crippen LogP contribution in [0.3, 0.4) is 0 Å². The summed E-state index contributed by atoms with van der Waals surface area (Å²) < 4.78 is 0. The molecule has 22 heavy (non-hydrogen) atoms. The van der Waals surface area contributed by atoms with E-state index in [1.165, 1.54) is 0 Å². The fourth-order valence-corrected chi connectivity index (χ4v) is 2.44. The van der Waals surface area contributed by atoms with Crippen LogP contribution in [0, 0.1) is 5.92 Å². The van der Waals surface area contributed by atoms with Gasteiger partial charge in [-0.15, -0.1) is 0 Å². The van der Waals surface area contributed by atoms with Gasteiger partial charge in [-0.1, -0.05) is 31.9 Å². The molecular formula is C17H25N3O2. The summed E-state index contributed by atoms with van der Waals surface area (Å²) in [5.41, 5.74) is 7.50. The maximum Gasteiger partial charge on any atom is 0.237 e. The fraction of sp³-hybridized carbons (Fsp3) is 0.529. The molecule has 120 valence electrons. The number of hydrogen-bond acceptors (Lipinski definition) is 3. The quantitative estimate of drug-likeness (QED) is 0.721. The van der Waals surface area contributed by atoms with Gasteiger partial charge in [0.2, 0.25) is 11.8 Å². The van der Waals surface area contributed by atoms with E-state index in [9.17, 15) is 9.59 Å². The van der Waals surface area contributed by atoms with Gasteiger partial charge in [0.15, 0.2) is 0 Å². The summed E-state index contributed by atoms with van der Waals surface area (Å²) >= 11 is 0. The Hall–Kier alpha value is -1.88. The summed E-state index contributed by atoms with van der Waals surface area (Å²) in [6, 6.07) is 7.10. The summed E-state index contributed by atoms with van der Waals surface area (Å²) in [7, 11) is 0. The molecule has 1 fully saturated rings. The Bertz CT molecular complexity index is 526. The summed E-state index contributed by atoms with van der Waals surface area (Å²) in [6.45, 7) is 2.42. The Morgan fingerprint density at radius 3 is 2.77 bits per heavy atom. The van der Waals surface area contributed by atoms with Gasteiger partial charge in [0.25, 0.3) is 0 Å². The average Bonchev–Trinajstić information content (AvgIpc) is 2.43. The van der Waals surface area contributed by atoms with Gasteiger partial charge in [0.1, 0.15) is 0 Å². The Balaban J connectivity index is 1.85. The molecule has 1 saturated carbocycles. The molecule has 5 heteroatoms. The van der Waals surface area contributed by atoms with Crippen molar-refractivity contribution < 1.29 is 9.59 Å². The van der Waals surface area contributed by atoms with Gasteiger partial charge in [0, 0.05) is 18.2 Å². The van der Waals surface area contributed by atoms with E-state index in [0.717, 1.165) is 36.9 Å². The molecule has 5 nitrogen and oxygen atoms in total. The smallest absolute Gasteiger partial charge is 0.237 e. The van der Waals surface area contributed by atoms with Crippen LogP contribution in [0.5, 0.6) is 0 Å². The van der Waals surface area contributed by atoms with Crippen molar-refractivity contribution in [3.63, 3.8) is 0 Å². The van der Waals surface area contributed by atoms with Crippen LogP contribution in [0.1, 0.15) is 44.6 Å². The monoisotopic (exact) mass is 303 g/mol. The van der Waals surface area contributed by atoms with Crippen molar-refractivity contribution in [1.82, 2.24) is 5.32 Å². The van der Waals surface area contributed by atoms with Crippen LogP contribution in [0.25, 0.3) is 0 Å². The van der Waals surface area contributed by atoms with Crippen molar-refractivity contribution in [2.45, 2.75) is 51.6 Å². The minimum Gasteiger partial charge on any atom is -0.351 e. The molecule has 0 bridgehead atoms. The molecule has 4 N–H and O–H groups in total. The first-order valence-corrected chi connectivity index (χ1v) is 8.03. The summed E-state index contributed by atoms with van der Waals surface area (Å²) in [5, 5.41) is 5.77. The van der Waals surface area contributed by atoms with Gasteiger partial charge in [-0.2, -0.15) is 0 Å². The molecule has 0 saturated heterocycles. The van der Waals surface area contributed by atoms with Crippen molar-refractivity contribution in [3.8, 4) is 0 Å². The minimum atomic E-state index is -0.452. The van der Waals surface area contributed by atoms with E-state index in [4.69, 9.17) is 5.73 Å². The topological polar surface area (TPSA) is 84.2 Å². The Kier molecular flexibility index (Phi) is 5.95. The molecule has 1 aliphatic rings. The number of amides is 2. The standard InChI is InChI=1S/C17H25N3O2/c1-2-5-15(18)17(22)19-11-12-6-3-9-14(10-12)20-16(21)13-7-4-8-13/h3,6,9-10,13,15H,2,4-5,7-8,11,18H2,1H3,(H,19,22)(H,20,21). The third kappa shape index (κ3) is 4.56.